The van der Waals surface area contributed by atoms with Crippen LogP contribution in [-0.2, 0) is 4.74 Å². The van der Waals surface area contributed by atoms with Crippen molar-refractivity contribution in [1.29, 1.82) is 0 Å². The van der Waals surface area contributed by atoms with Crippen LogP contribution in [0.1, 0.15) is 17.5 Å². The van der Waals surface area contributed by atoms with Crippen molar-refractivity contribution < 1.29 is 58.1 Å². The molecular weight excluding hydrogens is 532 g/mol. The molecule has 4 aromatic rings. The Labute approximate surface area is 225 Å². The zero-order valence-electron chi connectivity index (χ0n) is 21.5. The third-order valence-electron chi connectivity index (χ3n) is 6.64. The fourth-order valence-electron chi connectivity index (χ4n) is 4.59. The molecule has 0 bridgehead atoms. The maximum absolute atomic E-state index is 12.5. The second kappa shape index (κ2) is 10.4. The number of ether oxygens (including phenoxy) is 4. The summed E-state index contributed by atoms with van der Waals surface area (Å²) in [5.41, 5.74) is -0.193. The Hall–Kier alpha value is -4.14. The number of hydrogen-bond donors (Lipinski definition) is 5. The zero-order valence-corrected chi connectivity index (χ0v) is 21.5. The van der Waals surface area contributed by atoms with E-state index >= 15 is 0 Å². The van der Waals surface area contributed by atoms with Gasteiger partial charge in [0.15, 0.2) is 40.0 Å². The van der Waals surface area contributed by atoms with Crippen molar-refractivity contribution in [2.45, 2.75) is 37.6 Å². The Morgan fingerprint density at radius 3 is 2.12 bits per heavy atom. The van der Waals surface area contributed by atoms with Crippen LogP contribution in [0.3, 0.4) is 0 Å². The lowest BCUT2D eigenvalue weighted by Crippen LogP contribution is -2.60. The fourth-order valence-corrected chi connectivity index (χ4v) is 4.59. The molecule has 0 spiro atoms. The molecule has 13 nitrogen and oxygen atoms in total. The Morgan fingerprint density at radius 2 is 1.55 bits per heavy atom. The average molecular weight is 558 g/mol. The second-order valence-corrected chi connectivity index (χ2v) is 9.18. The summed E-state index contributed by atoms with van der Waals surface area (Å²) in [6.07, 6.45) is -8.08. The highest BCUT2D eigenvalue weighted by molar-refractivity contribution is 6.11. The highest BCUT2D eigenvalue weighted by atomic mass is 16.7. The number of carbonyl (C=O) groups is 1. The molecule has 212 valence electrons. The third-order valence-corrected chi connectivity index (χ3v) is 6.64. The molecule has 3 heterocycles. The van der Waals surface area contributed by atoms with Crippen LogP contribution in [0.15, 0.2) is 44.0 Å². The monoisotopic (exact) mass is 558 g/mol. The smallest absolute Gasteiger partial charge is 0.229 e. The standard InChI is InChI=1S/C27H26O13/c1-10(29)14-8-13-20-15(37-14)6-12(30)7-16(20)38-25(11-4-17(35-2)21(31)18(5-11)36-3)26(13)40-27-24(34)23(33)22(32)19(9-28)39-27/h4-8,19,22-24,27-28,31-34H,9H2,1-3H3/t19-,22-,23+,24-,27+/m1/s1. The molecule has 2 aromatic carbocycles. The maximum atomic E-state index is 12.5. The summed E-state index contributed by atoms with van der Waals surface area (Å²) >= 11 is 0. The SMILES string of the molecule is COc1cc(-c2oc3cc(=O)cc4oc(C(C)=O)cc(c2O[C@@H]2O[C@H](CO)[C@@H](O)[C@H](O)[C@H]2O)c43)cc(OC)c1O. The van der Waals surface area contributed by atoms with Gasteiger partial charge in [-0.25, -0.2) is 0 Å². The van der Waals surface area contributed by atoms with Gasteiger partial charge in [0.25, 0.3) is 0 Å². The number of phenols is 1. The number of hydrogen-bond acceptors (Lipinski definition) is 13. The van der Waals surface area contributed by atoms with Gasteiger partial charge in [-0.2, -0.15) is 0 Å². The summed E-state index contributed by atoms with van der Waals surface area (Å²) in [6.45, 7) is 0.564. The average Bonchev–Trinajstić information content (AvgIpc) is 2.93. The van der Waals surface area contributed by atoms with Crippen LogP contribution < -0.4 is 19.6 Å². The first kappa shape index (κ1) is 27.4. The molecule has 1 aliphatic rings. The van der Waals surface area contributed by atoms with Crippen molar-refractivity contribution in [3.8, 4) is 34.3 Å². The summed E-state index contributed by atoms with van der Waals surface area (Å²) < 4.78 is 33.9. The quantitative estimate of drug-likeness (QED) is 0.204. The van der Waals surface area contributed by atoms with Gasteiger partial charge in [0.1, 0.15) is 35.6 Å². The lowest BCUT2D eigenvalue weighted by molar-refractivity contribution is -0.277. The molecule has 13 heteroatoms. The molecule has 0 radical (unpaired) electrons. The van der Waals surface area contributed by atoms with Crippen molar-refractivity contribution in [3.63, 3.8) is 0 Å². The topological polar surface area (TPSA) is 198 Å². The van der Waals surface area contributed by atoms with Gasteiger partial charge in [0.2, 0.25) is 12.0 Å². The number of rotatable bonds is 7. The van der Waals surface area contributed by atoms with Gasteiger partial charge in [0, 0.05) is 30.0 Å². The van der Waals surface area contributed by atoms with Gasteiger partial charge >= 0.3 is 0 Å². The van der Waals surface area contributed by atoms with Gasteiger partial charge in [0.05, 0.1) is 26.2 Å². The van der Waals surface area contributed by atoms with E-state index in [4.69, 9.17) is 27.8 Å². The number of ketones is 1. The van der Waals surface area contributed by atoms with E-state index in [2.05, 4.69) is 0 Å². The van der Waals surface area contributed by atoms with E-state index in [1.54, 1.807) is 0 Å². The zero-order chi connectivity index (χ0) is 28.9. The minimum atomic E-state index is -1.78. The van der Waals surface area contributed by atoms with Crippen LogP contribution in [0.4, 0.5) is 0 Å². The van der Waals surface area contributed by atoms with E-state index in [0.717, 1.165) is 0 Å². The van der Waals surface area contributed by atoms with Gasteiger partial charge in [-0.15, -0.1) is 0 Å². The van der Waals surface area contributed by atoms with Crippen LogP contribution in [0.25, 0.3) is 33.3 Å². The molecule has 5 atom stereocenters. The van der Waals surface area contributed by atoms with Gasteiger partial charge in [-0.1, -0.05) is 0 Å². The fraction of sp³-hybridized carbons (Fsp3) is 0.333. The molecule has 0 unspecified atom stereocenters. The normalized spacial score (nSPS) is 22.9. The molecule has 1 fully saturated rings. The highest BCUT2D eigenvalue weighted by Crippen LogP contribution is 2.47. The molecule has 0 amide bonds. The van der Waals surface area contributed by atoms with Crippen molar-refractivity contribution >= 4 is 27.7 Å². The second-order valence-electron chi connectivity index (χ2n) is 9.18. The predicted molar refractivity (Wildman–Crippen MR) is 137 cm³/mol. The Kier molecular flexibility index (Phi) is 7.16. The number of aliphatic hydroxyl groups excluding tert-OH is 4. The maximum Gasteiger partial charge on any atom is 0.229 e. The van der Waals surface area contributed by atoms with Crippen LogP contribution in [-0.4, -0.2) is 82.8 Å². The number of Topliss-reactive ketones (excluding diaryl/α,β-unsaturated/α-hetero) is 1. The molecule has 1 aliphatic heterocycles. The number of benzene rings is 2. The molecule has 2 aromatic heterocycles. The van der Waals surface area contributed by atoms with E-state index in [9.17, 15) is 35.1 Å². The van der Waals surface area contributed by atoms with Gasteiger partial charge in [-0.3, -0.25) is 9.59 Å². The minimum absolute atomic E-state index is 0.00125. The van der Waals surface area contributed by atoms with Crippen molar-refractivity contribution in [3.05, 3.63) is 46.3 Å². The number of phenolic OH excluding ortho intramolecular Hbond substituents is 1. The summed E-state index contributed by atoms with van der Waals surface area (Å²) in [6, 6.07) is 6.52. The third kappa shape index (κ3) is 4.53. The molecule has 40 heavy (non-hydrogen) atoms. The molecular formula is C27H26O13. The van der Waals surface area contributed by atoms with Crippen LogP contribution in [0.2, 0.25) is 0 Å². The molecule has 5 rings (SSSR count). The van der Waals surface area contributed by atoms with E-state index in [1.165, 1.54) is 51.5 Å². The summed E-state index contributed by atoms with van der Waals surface area (Å²) in [7, 11) is 2.64. The van der Waals surface area contributed by atoms with Crippen LogP contribution in [0, 0.1) is 0 Å². The summed E-state index contributed by atoms with van der Waals surface area (Å²) in [5.74, 6) is -1.11. The molecule has 0 aliphatic carbocycles. The predicted octanol–water partition coefficient (Wildman–Crippen LogP) is 1.31. The van der Waals surface area contributed by atoms with Gasteiger partial charge < -0.3 is 53.3 Å². The summed E-state index contributed by atoms with van der Waals surface area (Å²) in [4.78, 5) is 24.8. The largest absolute Gasteiger partial charge is 0.502 e. The number of aromatic hydroxyl groups is 1. The van der Waals surface area contributed by atoms with Crippen molar-refractivity contribution in [1.82, 2.24) is 0 Å². The molecule has 0 saturated carbocycles. The van der Waals surface area contributed by atoms with E-state index in [-0.39, 0.29) is 62.0 Å². The highest BCUT2D eigenvalue weighted by Gasteiger charge is 2.45. The van der Waals surface area contributed by atoms with Crippen molar-refractivity contribution in [2.75, 3.05) is 20.8 Å². The first-order valence-corrected chi connectivity index (χ1v) is 12.1. The molecule has 1 saturated heterocycles. The molecule has 5 N–H and O–H groups in total. The number of methoxy groups -OCH3 is 2. The van der Waals surface area contributed by atoms with Crippen LogP contribution >= 0.6 is 0 Å². The Bertz CT molecular complexity index is 1620. The van der Waals surface area contributed by atoms with Crippen LogP contribution in [0.5, 0.6) is 23.0 Å². The Morgan fingerprint density at radius 1 is 0.925 bits per heavy atom. The van der Waals surface area contributed by atoms with E-state index in [1.807, 2.05) is 0 Å². The van der Waals surface area contributed by atoms with E-state index in [0.29, 0.717) is 0 Å². The first-order chi connectivity index (χ1) is 19.1. The Balaban J connectivity index is 1.84. The number of carbonyl (C=O) groups excluding carboxylic acids is 1. The number of aliphatic hydroxyl groups is 4. The van der Waals surface area contributed by atoms with Gasteiger partial charge in [-0.05, 0) is 18.2 Å². The summed E-state index contributed by atoms with van der Waals surface area (Å²) in [5, 5.41) is 51.8. The van der Waals surface area contributed by atoms with E-state index < -0.39 is 48.5 Å². The first-order valence-electron chi connectivity index (χ1n) is 12.1. The lowest BCUT2D eigenvalue weighted by atomic mass is 9.99. The van der Waals surface area contributed by atoms with Crippen molar-refractivity contribution in [2.24, 2.45) is 0 Å². The minimum Gasteiger partial charge on any atom is -0.502 e. The lowest BCUT2D eigenvalue weighted by Gasteiger charge is -2.39.